The predicted octanol–water partition coefficient (Wildman–Crippen LogP) is 5.04. The smallest absolute Gasteiger partial charge is 0.357 e. The summed E-state index contributed by atoms with van der Waals surface area (Å²) in [5.74, 6) is -0.835. The molecule has 0 bridgehead atoms. The first kappa shape index (κ1) is 21.8. The van der Waals surface area contributed by atoms with Gasteiger partial charge in [0.05, 0.1) is 19.9 Å². The van der Waals surface area contributed by atoms with Crippen molar-refractivity contribution in [3.05, 3.63) is 95.9 Å². The normalized spacial score (nSPS) is 10.5. The van der Waals surface area contributed by atoms with Gasteiger partial charge in [0.1, 0.15) is 28.6 Å². The molecule has 0 aliphatic heterocycles. The number of hydrogen-bond donors (Lipinski definition) is 0. The Kier molecular flexibility index (Phi) is 6.17. The molecule has 0 fully saturated rings. The number of benzene rings is 3. The number of methoxy groups -OCH3 is 2. The summed E-state index contributed by atoms with van der Waals surface area (Å²) >= 11 is 0. The minimum atomic E-state index is -0.728. The van der Waals surface area contributed by atoms with Gasteiger partial charge >= 0.3 is 11.9 Å². The summed E-state index contributed by atoms with van der Waals surface area (Å²) in [7, 11) is 2.46. The largest absolute Gasteiger partial charge is 0.465 e. The van der Waals surface area contributed by atoms with Gasteiger partial charge < -0.3 is 14.2 Å². The van der Waals surface area contributed by atoms with Crippen LogP contribution in [0.2, 0.25) is 0 Å². The zero-order valence-electron chi connectivity index (χ0n) is 17.8. The van der Waals surface area contributed by atoms with Crippen LogP contribution in [0.5, 0.6) is 11.5 Å². The van der Waals surface area contributed by atoms with Crippen molar-refractivity contribution in [2.45, 2.75) is 0 Å². The van der Waals surface area contributed by atoms with Gasteiger partial charge in [-0.25, -0.2) is 18.7 Å². The second kappa shape index (κ2) is 9.35. The van der Waals surface area contributed by atoms with Crippen molar-refractivity contribution in [3.8, 4) is 28.4 Å². The first-order valence-electron chi connectivity index (χ1n) is 9.90. The molecule has 33 heavy (non-hydrogen) atoms. The first-order valence-corrected chi connectivity index (χ1v) is 9.90. The average Bonchev–Trinajstić information content (AvgIpc) is 3.26. The molecular formula is C25H19FN2O5. The first-order chi connectivity index (χ1) is 16.0. The van der Waals surface area contributed by atoms with Crippen LogP contribution in [0, 0.1) is 5.82 Å². The van der Waals surface area contributed by atoms with Crippen LogP contribution < -0.4 is 4.74 Å². The molecule has 0 saturated heterocycles. The molecule has 7 nitrogen and oxygen atoms in total. The van der Waals surface area contributed by atoms with Crippen LogP contribution in [-0.2, 0) is 9.47 Å². The number of hydrogen-bond acceptors (Lipinski definition) is 6. The third kappa shape index (κ3) is 4.45. The zero-order chi connectivity index (χ0) is 23.4. The van der Waals surface area contributed by atoms with Gasteiger partial charge in [-0.1, -0.05) is 18.2 Å². The quantitative estimate of drug-likeness (QED) is 0.386. The van der Waals surface area contributed by atoms with Gasteiger partial charge in [0, 0.05) is 5.56 Å². The highest BCUT2D eigenvalue weighted by molar-refractivity contribution is 6.06. The number of halogens is 1. The van der Waals surface area contributed by atoms with Crippen LogP contribution in [0.4, 0.5) is 4.39 Å². The molecule has 0 aliphatic carbocycles. The molecule has 4 rings (SSSR count). The Hall–Kier alpha value is -4.46. The molecule has 8 heteroatoms. The molecular weight excluding hydrogens is 427 g/mol. The molecule has 1 aromatic heterocycles. The monoisotopic (exact) mass is 446 g/mol. The molecule has 0 amide bonds. The lowest BCUT2D eigenvalue weighted by Gasteiger charge is -2.07. The number of carbonyl (C=O) groups excluding carboxylic acids is 2. The van der Waals surface area contributed by atoms with Crippen LogP contribution in [0.25, 0.3) is 16.9 Å². The zero-order valence-corrected chi connectivity index (χ0v) is 17.8. The molecule has 0 N–H and O–H groups in total. The summed E-state index contributed by atoms with van der Waals surface area (Å²) in [5, 5.41) is 4.54. The molecule has 166 valence electrons. The maximum absolute atomic E-state index is 13.1. The van der Waals surface area contributed by atoms with Crippen molar-refractivity contribution >= 4 is 11.9 Å². The van der Waals surface area contributed by atoms with Crippen molar-refractivity contribution in [3.63, 3.8) is 0 Å². The van der Waals surface area contributed by atoms with Gasteiger partial charge in [0.25, 0.3) is 0 Å². The van der Waals surface area contributed by atoms with Gasteiger partial charge in [0.2, 0.25) is 0 Å². The maximum Gasteiger partial charge on any atom is 0.357 e. The number of nitrogens with zero attached hydrogens (tertiary/aromatic N) is 2. The number of rotatable bonds is 6. The highest BCUT2D eigenvalue weighted by Gasteiger charge is 2.31. The standard InChI is InChI=1S/C25H19FN2O5/c1-31-24(29)21-22(27-28(23(21)25(30)32-2)18-6-4-3-5-7-18)16-8-12-19(13-9-16)33-20-14-10-17(26)11-15-20/h3-15H,1-2H3. The van der Waals surface area contributed by atoms with Gasteiger partial charge in [-0.05, 0) is 60.7 Å². The third-order valence-electron chi connectivity index (χ3n) is 4.83. The molecule has 0 spiro atoms. The predicted molar refractivity (Wildman–Crippen MR) is 118 cm³/mol. The van der Waals surface area contributed by atoms with Crippen LogP contribution in [0.15, 0.2) is 78.9 Å². The minimum Gasteiger partial charge on any atom is -0.465 e. The molecule has 0 atom stereocenters. The molecule has 0 saturated carbocycles. The fourth-order valence-electron chi connectivity index (χ4n) is 3.28. The Labute approximate surface area is 188 Å². The van der Waals surface area contributed by atoms with Crippen LogP contribution in [0.3, 0.4) is 0 Å². The molecule has 0 unspecified atom stereocenters. The second-order valence-electron chi connectivity index (χ2n) is 6.88. The van der Waals surface area contributed by atoms with Crippen LogP contribution >= 0.6 is 0 Å². The van der Waals surface area contributed by atoms with E-state index in [4.69, 9.17) is 14.2 Å². The van der Waals surface area contributed by atoms with Gasteiger partial charge in [0.15, 0.2) is 5.69 Å². The van der Waals surface area contributed by atoms with Crippen molar-refractivity contribution in [1.82, 2.24) is 9.78 Å². The number of para-hydroxylation sites is 1. The Morgan fingerprint density at radius 3 is 1.94 bits per heavy atom. The van der Waals surface area contributed by atoms with E-state index in [1.54, 1.807) is 48.5 Å². The summed E-state index contributed by atoms with van der Waals surface area (Å²) < 4.78 is 30.0. The Morgan fingerprint density at radius 2 is 1.36 bits per heavy atom. The molecule has 1 heterocycles. The highest BCUT2D eigenvalue weighted by atomic mass is 19.1. The summed E-state index contributed by atoms with van der Waals surface area (Å²) in [6, 6.07) is 21.3. The summed E-state index contributed by atoms with van der Waals surface area (Å²) in [6.07, 6.45) is 0. The lowest BCUT2D eigenvalue weighted by atomic mass is 10.1. The van der Waals surface area contributed by atoms with E-state index in [0.717, 1.165) is 0 Å². The molecule has 3 aromatic carbocycles. The number of carbonyl (C=O) groups is 2. The van der Waals surface area contributed by atoms with E-state index in [1.165, 1.54) is 43.2 Å². The Bertz CT molecular complexity index is 1280. The SMILES string of the molecule is COC(=O)c1c(-c2ccc(Oc3ccc(F)cc3)cc2)nn(-c2ccccc2)c1C(=O)OC. The molecule has 4 aromatic rings. The number of ether oxygens (including phenoxy) is 3. The lowest BCUT2D eigenvalue weighted by molar-refractivity contribution is 0.0549. The maximum atomic E-state index is 13.1. The number of aromatic nitrogens is 2. The topological polar surface area (TPSA) is 79.7 Å². The summed E-state index contributed by atoms with van der Waals surface area (Å²) in [6.45, 7) is 0. The van der Waals surface area contributed by atoms with E-state index < -0.39 is 11.9 Å². The van der Waals surface area contributed by atoms with E-state index in [0.29, 0.717) is 22.7 Å². The Balaban J connectivity index is 1.79. The Morgan fingerprint density at radius 1 is 0.788 bits per heavy atom. The summed E-state index contributed by atoms with van der Waals surface area (Å²) in [5.41, 5.74) is 1.32. The van der Waals surface area contributed by atoms with Crippen molar-refractivity contribution < 1.29 is 28.2 Å². The average molecular weight is 446 g/mol. The second-order valence-corrected chi connectivity index (χ2v) is 6.88. The van der Waals surface area contributed by atoms with Gasteiger partial charge in [-0.3, -0.25) is 0 Å². The molecule has 0 aliphatic rings. The van der Waals surface area contributed by atoms with E-state index in [2.05, 4.69) is 5.10 Å². The van der Waals surface area contributed by atoms with Crippen LogP contribution in [-0.4, -0.2) is 35.9 Å². The lowest BCUT2D eigenvalue weighted by Crippen LogP contribution is -2.15. The van der Waals surface area contributed by atoms with Crippen LogP contribution in [0.1, 0.15) is 20.8 Å². The summed E-state index contributed by atoms with van der Waals surface area (Å²) in [4.78, 5) is 25.3. The minimum absolute atomic E-state index is 0.0135. The third-order valence-corrected chi connectivity index (χ3v) is 4.83. The van der Waals surface area contributed by atoms with E-state index in [1.807, 2.05) is 6.07 Å². The van der Waals surface area contributed by atoms with Gasteiger partial charge in [-0.15, -0.1) is 0 Å². The van der Waals surface area contributed by atoms with E-state index >= 15 is 0 Å². The molecule has 0 radical (unpaired) electrons. The number of esters is 2. The fourth-order valence-corrected chi connectivity index (χ4v) is 3.28. The van der Waals surface area contributed by atoms with Crippen molar-refractivity contribution in [2.75, 3.05) is 14.2 Å². The van der Waals surface area contributed by atoms with Crippen molar-refractivity contribution in [1.29, 1.82) is 0 Å². The highest BCUT2D eigenvalue weighted by Crippen LogP contribution is 2.31. The van der Waals surface area contributed by atoms with E-state index in [-0.39, 0.29) is 22.8 Å². The van der Waals surface area contributed by atoms with Gasteiger partial charge in [-0.2, -0.15) is 5.10 Å². The van der Waals surface area contributed by atoms with E-state index in [9.17, 15) is 14.0 Å². The van der Waals surface area contributed by atoms with Crippen molar-refractivity contribution in [2.24, 2.45) is 0 Å². The fraction of sp³-hybridized carbons (Fsp3) is 0.0800.